The van der Waals surface area contributed by atoms with E-state index in [9.17, 15) is 0 Å². The van der Waals surface area contributed by atoms with Crippen molar-refractivity contribution in [3.05, 3.63) is 0 Å². The van der Waals surface area contributed by atoms with E-state index in [0.29, 0.717) is 0 Å². The molecule has 2 nitrogen and oxygen atoms in total. The van der Waals surface area contributed by atoms with Crippen LogP contribution in [0.5, 0.6) is 0 Å². The fraction of sp³-hybridized carbons (Fsp3) is 1.00. The van der Waals surface area contributed by atoms with Gasteiger partial charge in [-0.25, -0.2) is 0 Å². The molecule has 74 valence electrons. The van der Waals surface area contributed by atoms with Crippen LogP contribution in [-0.2, 0) is 9.47 Å². The van der Waals surface area contributed by atoms with E-state index in [4.69, 9.17) is 9.47 Å². The summed E-state index contributed by atoms with van der Waals surface area (Å²) < 4.78 is 10.8. The van der Waals surface area contributed by atoms with Crippen molar-refractivity contribution in [1.82, 2.24) is 0 Å². The lowest BCUT2D eigenvalue weighted by molar-refractivity contribution is -0.00707. The van der Waals surface area contributed by atoms with Crippen LogP contribution in [0, 0.1) is 0 Å². The van der Waals surface area contributed by atoms with E-state index in [0.717, 1.165) is 32.7 Å². The number of hydrogen-bond donors (Lipinski definition) is 0. The van der Waals surface area contributed by atoms with Gasteiger partial charge in [0.25, 0.3) is 0 Å². The Morgan fingerprint density at radius 3 is 2.08 bits per heavy atom. The molecule has 0 aliphatic heterocycles. The molecule has 0 spiro atoms. The van der Waals surface area contributed by atoms with E-state index in [1.165, 1.54) is 0 Å². The average Bonchev–Trinajstić information content (AvgIpc) is 1.94. The van der Waals surface area contributed by atoms with Crippen molar-refractivity contribution in [2.75, 3.05) is 19.8 Å². The van der Waals surface area contributed by atoms with Crippen molar-refractivity contribution >= 4 is 0 Å². The molecule has 0 fully saturated rings. The zero-order valence-corrected chi connectivity index (χ0v) is 8.85. The topological polar surface area (TPSA) is 18.5 Å². The zero-order chi connectivity index (χ0) is 9.45. The van der Waals surface area contributed by atoms with E-state index in [2.05, 4.69) is 20.8 Å². The third-order valence-corrected chi connectivity index (χ3v) is 1.42. The summed E-state index contributed by atoms with van der Waals surface area (Å²) in [5, 5.41) is 0. The number of rotatable bonds is 6. The van der Waals surface area contributed by atoms with Gasteiger partial charge in [-0.2, -0.15) is 0 Å². The maximum absolute atomic E-state index is 5.55. The molecule has 0 radical (unpaired) electrons. The number of ether oxygens (including phenoxy) is 2. The van der Waals surface area contributed by atoms with Crippen LogP contribution < -0.4 is 0 Å². The van der Waals surface area contributed by atoms with Gasteiger partial charge in [-0.05, 0) is 40.5 Å². The Hall–Kier alpha value is -0.0800. The van der Waals surface area contributed by atoms with Gasteiger partial charge in [-0.3, -0.25) is 0 Å². The minimum atomic E-state index is 0.00557. The first-order valence-corrected chi connectivity index (χ1v) is 4.78. The minimum absolute atomic E-state index is 0.00557. The molecule has 0 heterocycles. The Bertz CT molecular complexity index is 94.5. The van der Waals surface area contributed by atoms with Crippen LogP contribution in [0.15, 0.2) is 0 Å². The van der Waals surface area contributed by atoms with Crippen LogP contribution in [0.1, 0.15) is 40.5 Å². The Morgan fingerprint density at radius 1 is 1.00 bits per heavy atom. The number of hydrogen-bond acceptors (Lipinski definition) is 2. The molecule has 0 aromatic carbocycles. The van der Waals surface area contributed by atoms with Gasteiger partial charge < -0.3 is 9.47 Å². The van der Waals surface area contributed by atoms with Gasteiger partial charge in [-0.15, -0.1) is 0 Å². The van der Waals surface area contributed by atoms with Gasteiger partial charge in [0, 0.05) is 19.8 Å². The van der Waals surface area contributed by atoms with Crippen molar-refractivity contribution in [3.63, 3.8) is 0 Å². The van der Waals surface area contributed by atoms with Crippen molar-refractivity contribution in [2.24, 2.45) is 0 Å². The van der Waals surface area contributed by atoms with Gasteiger partial charge in [-0.1, -0.05) is 0 Å². The second-order valence-electron chi connectivity index (χ2n) is 3.86. The normalized spacial score (nSPS) is 12.0. The Morgan fingerprint density at radius 2 is 1.58 bits per heavy atom. The standard InChI is InChI=1S/C10H22O2/c1-5-11-8-6-7-9-12-10(2,3)4/h5-9H2,1-4H3. The fourth-order valence-corrected chi connectivity index (χ4v) is 0.829. The fourth-order valence-electron chi connectivity index (χ4n) is 0.829. The Balaban J connectivity index is 3.01. The zero-order valence-electron chi connectivity index (χ0n) is 8.85. The minimum Gasteiger partial charge on any atom is -0.382 e. The summed E-state index contributed by atoms with van der Waals surface area (Å²) in [6.07, 6.45) is 2.20. The second-order valence-corrected chi connectivity index (χ2v) is 3.86. The molecule has 0 saturated heterocycles. The van der Waals surface area contributed by atoms with Gasteiger partial charge in [0.15, 0.2) is 0 Å². The van der Waals surface area contributed by atoms with Crippen LogP contribution in [0.3, 0.4) is 0 Å². The van der Waals surface area contributed by atoms with Crippen LogP contribution in [0.25, 0.3) is 0 Å². The van der Waals surface area contributed by atoms with Crippen LogP contribution in [-0.4, -0.2) is 25.4 Å². The molecule has 0 bridgehead atoms. The molecule has 0 N–H and O–H groups in total. The molecule has 0 unspecified atom stereocenters. The molecular weight excluding hydrogens is 152 g/mol. The quantitative estimate of drug-likeness (QED) is 0.576. The molecule has 0 rings (SSSR count). The Kier molecular flexibility index (Phi) is 6.39. The van der Waals surface area contributed by atoms with E-state index in [1.54, 1.807) is 0 Å². The van der Waals surface area contributed by atoms with Gasteiger partial charge in [0.2, 0.25) is 0 Å². The summed E-state index contributed by atoms with van der Waals surface area (Å²) >= 11 is 0. The summed E-state index contributed by atoms with van der Waals surface area (Å²) in [5.74, 6) is 0. The highest BCUT2D eigenvalue weighted by molar-refractivity contribution is 4.58. The second kappa shape index (κ2) is 6.44. The monoisotopic (exact) mass is 174 g/mol. The third-order valence-electron chi connectivity index (χ3n) is 1.42. The van der Waals surface area contributed by atoms with Crippen LogP contribution in [0.4, 0.5) is 0 Å². The van der Waals surface area contributed by atoms with Crippen LogP contribution in [0.2, 0.25) is 0 Å². The van der Waals surface area contributed by atoms with E-state index in [-0.39, 0.29) is 5.60 Å². The highest BCUT2D eigenvalue weighted by Gasteiger charge is 2.08. The maximum atomic E-state index is 5.55. The molecule has 0 aliphatic carbocycles. The summed E-state index contributed by atoms with van der Waals surface area (Å²) in [4.78, 5) is 0. The molecule has 0 saturated carbocycles. The SMILES string of the molecule is CCOCCCCOC(C)(C)C. The lowest BCUT2D eigenvalue weighted by Gasteiger charge is -2.19. The molecule has 2 heteroatoms. The lowest BCUT2D eigenvalue weighted by Crippen LogP contribution is -2.19. The molecule has 0 amide bonds. The predicted octanol–water partition coefficient (Wildman–Crippen LogP) is 2.62. The van der Waals surface area contributed by atoms with Crippen molar-refractivity contribution in [1.29, 1.82) is 0 Å². The first-order valence-electron chi connectivity index (χ1n) is 4.78. The van der Waals surface area contributed by atoms with E-state index < -0.39 is 0 Å². The van der Waals surface area contributed by atoms with Crippen LogP contribution >= 0.6 is 0 Å². The Labute approximate surface area is 76.3 Å². The van der Waals surface area contributed by atoms with Crippen molar-refractivity contribution < 1.29 is 9.47 Å². The molecule has 0 aromatic heterocycles. The summed E-state index contributed by atoms with van der Waals surface area (Å²) in [5.41, 5.74) is 0.00557. The maximum Gasteiger partial charge on any atom is 0.0598 e. The molecule has 0 aromatic rings. The summed E-state index contributed by atoms with van der Waals surface area (Å²) in [6, 6.07) is 0. The van der Waals surface area contributed by atoms with Gasteiger partial charge >= 0.3 is 0 Å². The number of unbranched alkanes of at least 4 members (excludes halogenated alkanes) is 1. The highest BCUT2D eigenvalue weighted by Crippen LogP contribution is 2.07. The van der Waals surface area contributed by atoms with Crippen molar-refractivity contribution in [2.45, 2.75) is 46.1 Å². The smallest absolute Gasteiger partial charge is 0.0598 e. The van der Waals surface area contributed by atoms with Gasteiger partial charge in [0.05, 0.1) is 5.60 Å². The average molecular weight is 174 g/mol. The molecule has 12 heavy (non-hydrogen) atoms. The van der Waals surface area contributed by atoms with E-state index in [1.807, 2.05) is 6.92 Å². The molecule has 0 aliphatic rings. The summed E-state index contributed by atoms with van der Waals surface area (Å²) in [7, 11) is 0. The first kappa shape index (κ1) is 11.9. The summed E-state index contributed by atoms with van der Waals surface area (Å²) in [6.45, 7) is 10.8. The van der Waals surface area contributed by atoms with E-state index >= 15 is 0 Å². The molecular formula is C10H22O2. The predicted molar refractivity (Wildman–Crippen MR) is 51.4 cm³/mol. The molecule has 0 atom stereocenters. The van der Waals surface area contributed by atoms with Crippen molar-refractivity contribution in [3.8, 4) is 0 Å². The first-order chi connectivity index (χ1) is 5.56. The third kappa shape index (κ3) is 9.92. The largest absolute Gasteiger partial charge is 0.382 e. The lowest BCUT2D eigenvalue weighted by atomic mass is 10.2. The highest BCUT2D eigenvalue weighted by atomic mass is 16.5. The van der Waals surface area contributed by atoms with Gasteiger partial charge in [0.1, 0.15) is 0 Å².